The quantitative estimate of drug-likeness (QED) is 0.854. The van der Waals surface area contributed by atoms with Crippen LogP contribution in [0.25, 0.3) is 0 Å². The van der Waals surface area contributed by atoms with E-state index in [1.54, 1.807) is 12.1 Å². The van der Waals surface area contributed by atoms with E-state index in [4.69, 9.17) is 0 Å². The summed E-state index contributed by atoms with van der Waals surface area (Å²) in [6.45, 7) is 1.58. The van der Waals surface area contributed by atoms with Crippen LogP contribution in [0.3, 0.4) is 0 Å². The summed E-state index contributed by atoms with van der Waals surface area (Å²) in [5.74, 6) is -0.223. The third kappa shape index (κ3) is 3.76. The molecule has 0 unspecified atom stereocenters. The maximum atomic E-state index is 12.2. The molecular formula is C17H16F3N2O. The van der Waals surface area contributed by atoms with Crippen molar-refractivity contribution in [1.29, 1.82) is 0 Å². The molecule has 23 heavy (non-hydrogen) atoms. The van der Waals surface area contributed by atoms with Gasteiger partial charge in [0.05, 0.1) is 0 Å². The van der Waals surface area contributed by atoms with Gasteiger partial charge >= 0.3 is 6.36 Å². The second kappa shape index (κ2) is 6.12. The van der Waals surface area contributed by atoms with Crippen LogP contribution in [-0.2, 0) is 13.0 Å². The average molecular weight is 321 g/mol. The van der Waals surface area contributed by atoms with E-state index < -0.39 is 6.36 Å². The first-order valence-corrected chi connectivity index (χ1v) is 7.27. The SMILES string of the molecule is CN(c1ccc(OC(F)(F)F)cc1)c1ccc2c(c1)C[N]CC2. The van der Waals surface area contributed by atoms with E-state index in [1.165, 1.54) is 23.3 Å². The van der Waals surface area contributed by atoms with Gasteiger partial charge < -0.3 is 9.64 Å². The van der Waals surface area contributed by atoms with Crippen molar-refractivity contribution in [3.63, 3.8) is 0 Å². The highest BCUT2D eigenvalue weighted by atomic mass is 19.4. The van der Waals surface area contributed by atoms with Gasteiger partial charge in [-0.15, -0.1) is 13.2 Å². The van der Waals surface area contributed by atoms with Crippen LogP contribution < -0.4 is 15.0 Å². The number of hydrogen-bond donors (Lipinski definition) is 0. The van der Waals surface area contributed by atoms with Crippen LogP contribution >= 0.6 is 0 Å². The van der Waals surface area contributed by atoms with Crippen LogP contribution in [0.2, 0.25) is 0 Å². The molecule has 0 N–H and O–H groups in total. The Bertz CT molecular complexity index is 683. The molecule has 0 aliphatic carbocycles. The van der Waals surface area contributed by atoms with E-state index in [2.05, 4.69) is 22.2 Å². The fraction of sp³-hybridized carbons (Fsp3) is 0.294. The lowest BCUT2D eigenvalue weighted by Crippen LogP contribution is -2.18. The van der Waals surface area contributed by atoms with Crippen LogP contribution in [0, 0.1) is 0 Å². The molecule has 0 fully saturated rings. The number of ether oxygens (including phenoxy) is 1. The first kappa shape index (κ1) is 15.7. The summed E-state index contributed by atoms with van der Waals surface area (Å²) in [5.41, 5.74) is 4.28. The third-order valence-corrected chi connectivity index (χ3v) is 3.86. The second-order valence-electron chi connectivity index (χ2n) is 5.41. The molecule has 0 amide bonds. The molecule has 0 saturated carbocycles. The molecule has 2 aromatic rings. The molecule has 2 aromatic carbocycles. The first-order valence-electron chi connectivity index (χ1n) is 7.27. The van der Waals surface area contributed by atoms with Gasteiger partial charge in [0.2, 0.25) is 0 Å². The largest absolute Gasteiger partial charge is 0.573 e. The number of rotatable bonds is 3. The molecule has 1 heterocycles. The Morgan fingerprint density at radius 3 is 2.39 bits per heavy atom. The number of fused-ring (bicyclic) bond motifs is 1. The van der Waals surface area contributed by atoms with Crippen molar-refractivity contribution in [1.82, 2.24) is 5.32 Å². The number of benzene rings is 2. The van der Waals surface area contributed by atoms with E-state index in [1.807, 2.05) is 18.0 Å². The molecule has 0 aromatic heterocycles. The molecule has 0 spiro atoms. The van der Waals surface area contributed by atoms with Crippen molar-refractivity contribution in [2.24, 2.45) is 0 Å². The zero-order valence-electron chi connectivity index (χ0n) is 12.6. The van der Waals surface area contributed by atoms with Crippen molar-refractivity contribution in [3.8, 4) is 5.75 Å². The third-order valence-electron chi connectivity index (χ3n) is 3.86. The predicted molar refractivity (Wildman–Crippen MR) is 82.0 cm³/mol. The molecule has 3 nitrogen and oxygen atoms in total. The Labute approximate surface area is 132 Å². The monoisotopic (exact) mass is 321 g/mol. The van der Waals surface area contributed by atoms with Gasteiger partial charge in [-0.05, 0) is 53.9 Å². The molecular weight excluding hydrogens is 305 g/mol. The summed E-state index contributed by atoms with van der Waals surface area (Å²) in [6, 6.07) is 12.0. The Hall–Kier alpha value is -2.21. The molecule has 0 saturated heterocycles. The average Bonchev–Trinajstić information content (AvgIpc) is 2.53. The van der Waals surface area contributed by atoms with Crippen LogP contribution in [0.1, 0.15) is 11.1 Å². The highest BCUT2D eigenvalue weighted by molar-refractivity contribution is 5.64. The fourth-order valence-corrected chi connectivity index (χ4v) is 2.63. The molecule has 1 aliphatic heterocycles. The lowest BCUT2D eigenvalue weighted by molar-refractivity contribution is -0.274. The topological polar surface area (TPSA) is 26.6 Å². The Morgan fingerprint density at radius 1 is 1.00 bits per heavy atom. The van der Waals surface area contributed by atoms with Crippen LogP contribution in [0.5, 0.6) is 5.75 Å². The minimum Gasteiger partial charge on any atom is -0.406 e. The van der Waals surface area contributed by atoms with Gasteiger partial charge in [-0.2, -0.15) is 0 Å². The molecule has 1 radical (unpaired) electrons. The van der Waals surface area contributed by atoms with Gasteiger partial charge in [0.15, 0.2) is 0 Å². The molecule has 1 aliphatic rings. The van der Waals surface area contributed by atoms with Gasteiger partial charge in [-0.1, -0.05) is 6.07 Å². The molecule has 6 heteroatoms. The number of anilines is 2. The smallest absolute Gasteiger partial charge is 0.406 e. The summed E-state index contributed by atoms with van der Waals surface area (Å²) in [5, 5.41) is 4.40. The lowest BCUT2D eigenvalue weighted by atomic mass is 10.00. The molecule has 121 valence electrons. The first-order chi connectivity index (χ1) is 10.9. The molecule has 0 bridgehead atoms. The van der Waals surface area contributed by atoms with Crippen molar-refractivity contribution in [2.75, 3.05) is 18.5 Å². The minimum atomic E-state index is -4.67. The van der Waals surface area contributed by atoms with E-state index in [0.717, 1.165) is 30.9 Å². The van der Waals surface area contributed by atoms with E-state index in [-0.39, 0.29) is 5.75 Å². The summed E-state index contributed by atoms with van der Waals surface area (Å²) in [6.07, 6.45) is -3.71. The maximum absolute atomic E-state index is 12.2. The Balaban J connectivity index is 1.78. The predicted octanol–water partition coefficient (Wildman–Crippen LogP) is 4.01. The van der Waals surface area contributed by atoms with Gasteiger partial charge in [0.1, 0.15) is 5.75 Å². The highest BCUT2D eigenvalue weighted by Gasteiger charge is 2.31. The van der Waals surface area contributed by atoms with Gasteiger partial charge in [0, 0.05) is 31.5 Å². The van der Waals surface area contributed by atoms with Gasteiger partial charge in [-0.3, -0.25) is 0 Å². The molecule has 3 rings (SSSR count). The Morgan fingerprint density at radius 2 is 1.70 bits per heavy atom. The normalized spacial score (nSPS) is 14.3. The highest BCUT2D eigenvalue weighted by Crippen LogP contribution is 2.30. The summed E-state index contributed by atoms with van der Waals surface area (Å²) in [7, 11) is 1.88. The Kier molecular flexibility index (Phi) is 4.17. The minimum absolute atomic E-state index is 0.223. The van der Waals surface area contributed by atoms with Gasteiger partial charge in [-0.25, -0.2) is 5.32 Å². The second-order valence-corrected chi connectivity index (χ2v) is 5.41. The van der Waals surface area contributed by atoms with Crippen LogP contribution in [0.15, 0.2) is 42.5 Å². The van der Waals surface area contributed by atoms with Crippen molar-refractivity contribution in [3.05, 3.63) is 53.6 Å². The van der Waals surface area contributed by atoms with E-state index in [9.17, 15) is 13.2 Å². The van der Waals surface area contributed by atoms with Crippen LogP contribution in [-0.4, -0.2) is 20.0 Å². The van der Waals surface area contributed by atoms with Crippen molar-refractivity contribution >= 4 is 11.4 Å². The maximum Gasteiger partial charge on any atom is 0.573 e. The number of alkyl halides is 3. The zero-order valence-corrected chi connectivity index (χ0v) is 12.6. The number of nitrogens with zero attached hydrogens (tertiary/aromatic N) is 2. The zero-order chi connectivity index (χ0) is 16.4. The number of hydrogen-bond acceptors (Lipinski definition) is 2. The fourth-order valence-electron chi connectivity index (χ4n) is 2.63. The standard InChI is InChI=1S/C17H16F3N2O/c1-22(14-4-6-16(7-5-14)23-17(18,19)20)15-3-2-12-8-9-21-11-13(12)10-15/h2-7,10H,8-9,11H2,1H3. The summed E-state index contributed by atoms with van der Waals surface area (Å²) in [4.78, 5) is 1.92. The van der Waals surface area contributed by atoms with Gasteiger partial charge in [0.25, 0.3) is 0 Å². The summed E-state index contributed by atoms with van der Waals surface area (Å²) >= 11 is 0. The summed E-state index contributed by atoms with van der Waals surface area (Å²) < 4.78 is 40.4. The van der Waals surface area contributed by atoms with E-state index >= 15 is 0 Å². The van der Waals surface area contributed by atoms with Crippen molar-refractivity contribution in [2.45, 2.75) is 19.3 Å². The number of halogens is 3. The van der Waals surface area contributed by atoms with Crippen molar-refractivity contribution < 1.29 is 17.9 Å². The molecule has 0 atom stereocenters. The van der Waals surface area contributed by atoms with Crippen LogP contribution in [0.4, 0.5) is 24.5 Å². The van der Waals surface area contributed by atoms with E-state index in [0.29, 0.717) is 0 Å². The lowest BCUT2D eigenvalue weighted by Gasteiger charge is -2.23.